The summed E-state index contributed by atoms with van der Waals surface area (Å²) in [6.45, 7) is 0.337. The molecule has 2 amide bonds. The molecular weight excluding hydrogens is 512 g/mol. The average Bonchev–Trinajstić information content (AvgIpc) is 3.48. The number of thiazole rings is 1. The van der Waals surface area contributed by atoms with E-state index in [-0.39, 0.29) is 22.2 Å². The summed E-state index contributed by atoms with van der Waals surface area (Å²) >= 11 is 4.17. The largest absolute Gasteiger partial charge is 0.477 e. The van der Waals surface area contributed by atoms with Crippen molar-refractivity contribution in [3.05, 3.63) is 52.3 Å². The molecule has 3 aromatic rings. The number of carboxylic acids is 1. The van der Waals surface area contributed by atoms with E-state index in [0.717, 1.165) is 21.4 Å². The van der Waals surface area contributed by atoms with E-state index in [4.69, 9.17) is 10.6 Å². The Morgan fingerprint density at radius 2 is 2.23 bits per heavy atom. The van der Waals surface area contributed by atoms with Crippen LogP contribution in [0.25, 0.3) is 10.1 Å². The number of carboxylic acid groups (broad SMARTS) is 1. The number of hydrogen-bond donors (Lipinski definition) is 3. The average molecular weight is 532 g/mol. The van der Waals surface area contributed by atoms with Gasteiger partial charge in [-0.1, -0.05) is 5.16 Å². The highest BCUT2D eigenvalue weighted by Gasteiger charge is 2.54. The smallest absolute Gasteiger partial charge is 0.352 e. The monoisotopic (exact) mass is 531 g/mol. The number of aromatic nitrogens is 2. The van der Waals surface area contributed by atoms with Crippen LogP contribution in [0.15, 0.2) is 51.7 Å². The Kier molecular flexibility index (Phi) is 6.17. The van der Waals surface area contributed by atoms with Crippen LogP contribution < -0.4 is 15.6 Å². The van der Waals surface area contributed by atoms with Crippen molar-refractivity contribution < 1.29 is 28.9 Å². The lowest BCUT2D eigenvalue weighted by atomic mass is 10.0. The van der Waals surface area contributed by atoms with Crippen LogP contribution in [0, 0.1) is 0 Å². The number of β-lactam (4-membered cyclic amide) rings is 1. The van der Waals surface area contributed by atoms with Crippen molar-refractivity contribution in [3.8, 4) is 0 Å². The Labute approximate surface area is 210 Å². The number of nitrogen functional groups attached to an aromatic ring is 1. The number of rotatable bonds is 7. The van der Waals surface area contributed by atoms with Crippen molar-refractivity contribution in [2.75, 3.05) is 18.6 Å². The van der Waals surface area contributed by atoms with Gasteiger partial charge >= 0.3 is 5.97 Å². The number of aliphatic carboxylic acids is 1. The van der Waals surface area contributed by atoms with Crippen LogP contribution in [0.2, 0.25) is 0 Å². The number of pyridine rings is 1. The van der Waals surface area contributed by atoms with E-state index in [1.54, 1.807) is 16.7 Å². The van der Waals surface area contributed by atoms with Crippen molar-refractivity contribution in [1.82, 2.24) is 15.2 Å². The molecule has 5 heterocycles. The van der Waals surface area contributed by atoms with E-state index in [9.17, 15) is 19.5 Å². The Morgan fingerprint density at radius 3 is 2.94 bits per heavy atom. The van der Waals surface area contributed by atoms with Gasteiger partial charge in [-0.15, -0.1) is 34.4 Å². The van der Waals surface area contributed by atoms with Crippen molar-refractivity contribution in [2.24, 2.45) is 5.16 Å². The molecule has 14 heteroatoms. The lowest BCUT2D eigenvalue weighted by Gasteiger charge is -2.49. The molecule has 11 nitrogen and oxygen atoms in total. The third-order valence-corrected chi connectivity index (χ3v) is 8.43. The minimum atomic E-state index is -1.18. The molecule has 35 heavy (non-hydrogen) atoms. The van der Waals surface area contributed by atoms with Crippen LogP contribution >= 0.6 is 34.4 Å². The van der Waals surface area contributed by atoms with Crippen LogP contribution in [0.5, 0.6) is 0 Å². The zero-order chi connectivity index (χ0) is 24.7. The van der Waals surface area contributed by atoms with E-state index in [0.29, 0.717) is 17.9 Å². The quantitative estimate of drug-likeness (QED) is 0.177. The number of fused-ring (bicyclic) bond motifs is 2. The maximum Gasteiger partial charge on any atom is 0.352 e. The molecule has 0 radical (unpaired) electrons. The van der Waals surface area contributed by atoms with Gasteiger partial charge in [-0.25, -0.2) is 14.3 Å². The number of nitrogens with two attached hydrogens (primary N) is 1. The number of hydrogen-bond acceptors (Lipinski definition) is 10. The summed E-state index contributed by atoms with van der Waals surface area (Å²) in [4.78, 5) is 48.1. The van der Waals surface area contributed by atoms with Crippen LogP contribution in [-0.2, 0) is 25.8 Å². The summed E-state index contributed by atoms with van der Waals surface area (Å²) in [5.74, 6) is -1.95. The predicted octanol–water partition coefficient (Wildman–Crippen LogP) is 1.02. The van der Waals surface area contributed by atoms with Crippen LogP contribution in [-0.4, -0.2) is 62.8 Å². The molecular formula is C21H19N6O5S3+. The number of thioether (sulfide) groups is 1. The van der Waals surface area contributed by atoms with E-state index < -0.39 is 29.2 Å². The first kappa shape index (κ1) is 23.3. The fourth-order valence-corrected chi connectivity index (χ4v) is 6.62. The van der Waals surface area contributed by atoms with Gasteiger partial charge in [0.15, 0.2) is 29.8 Å². The summed E-state index contributed by atoms with van der Waals surface area (Å²) in [5.41, 5.74) is 6.33. The van der Waals surface area contributed by atoms with E-state index in [2.05, 4.69) is 15.5 Å². The van der Waals surface area contributed by atoms with Gasteiger partial charge in [-0.2, -0.15) is 0 Å². The number of nitrogens with one attached hydrogen (secondary N) is 1. The van der Waals surface area contributed by atoms with Crippen molar-refractivity contribution in [1.29, 1.82) is 0 Å². The van der Waals surface area contributed by atoms with Crippen LogP contribution in [0.3, 0.4) is 0 Å². The topological polar surface area (TPSA) is 151 Å². The Bertz CT molecular complexity index is 1410. The first-order chi connectivity index (χ1) is 16.9. The van der Waals surface area contributed by atoms with Gasteiger partial charge in [0.2, 0.25) is 0 Å². The molecule has 0 saturated carbocycles. The minimum Gasteiger partial charge on any atom is -0.477 e. The maximum atomic E-state index is 13.0. The van der Waals surface area contributed by atoms with Gasteiger partial charge < -0.3 is 21.0 Å². The highest BCUT2D eigenvalue weighted by Crippen LogP contribution is 2.40. The fraction of sp³-hybridized carbons (Fsp3) is 0.238. The van der Waals surface area contributed by atoms with Crippen molar-refractivity contribution in [2.45, 2.75) is 18.0 Å². The summed E-state index contributed by atoms with van der Waals surface area (Å²) in [7, 11) is 1.29. The number of carbonyl (C=O) groups excluding carboxylic acids is 2. The molecule has 2 aliphatic heterocycles. The molecule has 4 N–H and O–H groups in total. The molecule has 0 aliphatic carbocycles. The van der Waals surface area contributed by atoms with Crippen molar-refractivity contribution >= 4 is 73.1 Å². The number of amides is 2. The molecule has 2 atom stereocenters. The minimum absolute atomic E-state index is 0.0415. The summed E-state index contributed by atoms with van der Waals surface area (Å²) in [6, 6.07) is 3.08. The molecule has 2 aliphatic rings. The SMILES string of the molecule is CO/N=C(\C(=O)NC1C(=O)N2C(C(=O)O)=C(C[n+]3ccc4sccc4c3)CS[C@H]12)c1csc(N)n1. The molecule has 180 valence electrons. The zero-order valence-corrected chi connectivity index (χ0v) is 20.7. The molecule has 1 saturated heterocycles. The highest BCUT2D eigenvalue weighted by atomic mass is 32.2. The Balaban J connectivity index is 1.36. The third kappa shape index (κ3) is 4.24. The molecule has 0 aromatic carbocycles. The van der Waals surface area contributed by atoms with E-state index in [1.165, 1.54) is 23.8 Å². The highest BCUT2D eigenvalue weighted by molar-refractivity contribution is 8.00. The molecule has 0 bridgehead atoms. The van der Waals surface area contributed by atoms with Crippen LogP contribution in [0.1, 0.15) is 5.69 Å². The predicted molar refractivity (Wildman–Crippen MR) is 132 cm³/mol. The zero-order valence-electron chi connectivity index (χ0n) is 18.2. The van der Waals surface area contributed by atoms with Gasteiger partial charge in [0, 0.05) is 27.5 Å². The van der Waals surface area contributed by atoms with Crippen LogP contribution in [0.4, 0.5) is 5.13 Å². The molecule has 1 unspecified atom stereocenters. The number of nitrogens with zero attached hydrogens (tertiary/aromatic N) is 4. The number of thiophene rings is 1. The lowest BCUT2D eigenvalue weighted by Crippen LogP contribution is -2.71. The summed E-state index contributed by atoms with van der Waals surface area (Å²) in [6.07, 6.45) is 3.85. The molecule has 0 spiro atoms. The molecule has 1 fully saturated rings. The number of anilines is 1. The maximum absolute atomic E-state index is 13.0. The summed E-state index contributed by atoms with van der Waals surface area (Å²) in [5, 5.41) is 20.6. The van der Waals surface area contributed by atoms with Gasteiger partial charge in [-0.3, -0.25) is 14.5 Å². The number of carbonyl (C=O) groups is 3. The second kappa shape index (κ2) is 9.28. The molecule has 3 aromatic heterocycles. The Hall–Kier alpha value is -3.49. The van der Waals surface area contributed by atoms with Gasteiger partial charge in [-0.05, 0) is 11.4 Å². The van der Waals surface area contributed by atoms with Gasteiger partial charge in [0.25, 0.3) is 11.8 Å². The Morgan fingerprint density at radius 1 is 1.40 bits per heavy atom. The van der Waals surface area contributed by atoms with E-state index >= 15 is 0 Å². The van der Waals surface area contributed by atoms with Crippen molar-refractivity contribution in [3.63, 3.8) is 0 Å². The first-order valence-electron chi connectivity index (χ1n) is 10.3. The second-order valence-electron chi connectivity index (χ2n) is 7.67. The third-order valence-electron chi connectivity index (χ3n) is 5.52. The van der Waals surface area contributed by atoms with E-state index in [1.807, 2.05) is 34.5 Å². The lowest BCUT2D eigenvalue weighted by molar-refractivity contribution is -0.687. The standard InChI is InChI=1S/C21H18N6O5S3/c1-32-25-14(12-9-35-21(22)23-12)17(28)24-15-18(29)27-16(20(30)31)11(8-34-19(15)27)7-26-4-2-13-10(6-26)3-5-33-13/h2-6,9,15,19H,7-8H2,1H3,(H3-,22,23,24,28,30,31)/p+1/b25-14-/t15?,19-/m1/s1. The fourth-order valence-electron chi connectivity index (χ4n) is 3.98. The van der Waals surface area contributed by atoms with Gasteiger partial charge in [0.05, 0.1) is 5.39 Å². The number of oxime groups is 1. The second-order valence-corrected chi connectivity index (χ2v) is 10.6. The normalized spacial score (nSPS) is 20.0. The molecule has 5 rings (SSSR count). The first-order valence-corrected chi connectivity index (χ1v) is 13.1. The summed E-state index contributed by atoms with van der Waals surface area (Å²) < 4.78 is 3.05. The van der Waals surface area contributed by atoms with Gasteiger partial charge in [0.1, 0.15) is 29.9 Å².